The van der Waals surface area contributed by atoms with Crippen molar-refractivity contribution >= 4 is 0 Å². The molecule has 0 aliphatic heterocycles. The summed E-state index contributed by atoms with van der Waals surface area (Å²) < 4.78 is 0. The van der Waals surface area contributed by atoms with E-state index in [-0.39, 0.29) is 0 Å². The first kappa shape index (κ1) is 9.48. The minimum Gasteiger partial charge on any atom is -0.330 e. The summed E-state index contributed by atoms with van der Waals surface area (Å²) in [7, 11) is 0. The first-order valence-corrected chi connectivity index (χ1v) is 3.96. The topological polar surface area (TPSA) is 26.0 Å². The van der Waals surface area contributed by atoms with Gasteiger partial charge in [-0.1, -0.05) is 19.4 Å². The van der Waals surface area contributed by atoms with Gasteiger partial charge in [0.25, 0.3) is 0 Å². The molecule has 0 spiro atoms. The molecular weight excluding hydrogens is 122 g/mol. The van der Waals surface area contributed by atoms with Gasteiger partial charge in [0.2, 0.25) is 0 Å². The molecule has 0 aliphatic carbocycles. The molecule has 10 heavy (non-hydrogen) atoms. The number of unbranched alkanes of at least 4 members (excludes halogenated alkanes) is 4. The monoisotopic (exact) mass is 139 g/mol. The van der Waals surface area contributed by atoms with E-state index in [9.17, 15) is 0 Å². The predicted molar refractivity (Wildman–Crippen MR) is 45.8 cm³/mol. The smallest absolute Gasteiger partial charge is 0.00773 e. The zero-order chi connectivity index (χ0) is 7.66. The highest BCUT2D eigenvalue weighted by atomic mass is 14.5. The Bertz CT molecular complexity index is 101. The highest BCUT2D eigenvalue weighted by Gasteiger charge is 1.85. The third kappa shape index (κ3) is 7.48. The normalized spacial score (nSPS) is 8.90. The summed E-state index contributed by atoms with van der Waals surface area (Å²) in [5.74, 6) is 0. The lowest BCUT2D eigenvalue weighted by molar-refractivity contribution is 0.653. The Hall–Kier alpha value is -0.520. The molecule has 0 heterocycles. The van der Waals surface area contributed by atoms with Crippen molar-refractivity contribution in [1.82, 2.24) is 0 Å². The molecule has 0 amide bonds. The van der Waals surface area contributed by atoms with Crippen molar-refractivity contribution in [2.45, 2.75) is 32.1 Å². The van der Waals surface area contributed by atoms with E-state index in [4.69, 9.17) is 5.73 Å². The van der Waals surface area contributed by atoms with Crippen LogP contribution in [0.1, 0.15) is 32.1 Å². The Morgan fingerprint density at radius 3 is 2.50 bits per heavy atom. The molecule has 0 saturated carbocycles. The Labute approximate surface area is 63.6 Å². The van der Waals surface area contributed by atoms with Crippen molar-refractivity contribution in [2.75, 3.05) is 6.54 Å². The summed E-state index contributed by atoms with van der Waals surface area (Å²) in [6, 6.07) is 0. The molecule has 0 unspecified atom stereocenters. The van der Waals surface area contributed by atoms with E-state index in [1.54, 1.807) is 0 Å². The highest BCUT2D eigenvalue weighted by molar-refractivity contribution is 4.74. The number of hydrogen-bond acceptors (Lipinski definition) is 1. The molecule has 0 aliphatic rings. The van der Waals surface area contributed by atoms with Crippen LogP contribution in [-0.2, 0) is 0 Å². The zero-order valence-corrected chi connectivity index (χ0v) is 6.60. The molecule has 58 valence electrons. The van der Waals surface area contributed by atoms with Crippen LogP contribution in [0.15, 0.2) is 18.4 Å². The van der Waals surface area contributed by atoms with Gasteiger partial charge in [-0.25, -0.2) is 0 Å². The second-order valence-electron chi connectivity index (χ2n) is 2.40. The Kier molecular flexibility index (Phi) is 8.04. The van der Waals surface area contributed by atoms with E-state index in [1.807, 2.05) is 6.08 Å². The fraction of sp³-hybridized carbons (Fsp3) is 0.667. The minimum atomic E-state index is 0.831. The molecule has 1 nitrogen and oxygen atoms in total. The average molecular weight is 139 g/mol. The maximum Gasteiger partial charge on any atom is -0.00773 e. The number of nitrogens with two attached hydrogens (primary N) is 1. The minimum absolute atomic E-state index is 0.831. The van der Waals surface area contributed by atoms with Gasteiger partial charge < -0.3 is 5.73 Å². The third-order valence-electron chi connectivity index (χ3n) is 1.45. The fourth-order valence-corrected chi connectivity index (χ4v) is 0.846. The van der Waals surface area contributed by atoms with Crippen LogP contribution < -0.4 is 5.73 Å². The van der Waals surface area contributed by atoms with Crippen molar-refractivity contribution in [1.29, 1.82) is 0 Å². The first-order valence-electron chi connectivity index (χ1n) is 3.96. The second-order valence-corrected chi connectivity index (χ2v) is 2.40. The van der Waals surface area contributed by atoms with Crippen molar-refractivity contribution in [2.24, 2.45) is 5.73 Å². The summed E-state index contributed by atoms with van der Waals surface area (Å²) in [5.41, 5.74) is 8.10. The van der Waals surface area contributed by atoms with E-state index in [0.29, 0.717) is 0 Å². The Morgan fingerprint density at radius 1 is 1.20 bits per heavy atom. The van der Waals surface area contributed by atoms with Gasteiger partial charge >= 0.3 is 0 Å². The Morgan fingerprint density at radius 2 is 1.90 bits per heavy atom. The number of allylic oxidation sites excluding steroid dienone is 1. The molecule has 0 radical (unpaired) electrons. The molecule has 0 aromatic heterocycles. The summed E-state index contributed by atoms with van der Waals surface area (Å²) in [6.07, 6.45) is 8.08. The molecular formula is C9H17N. The van der Waals surface area contributed by atoms with Crippen molar-refractivity contribution in [3.05, 3.63) is 18.4 Å². The average Bonchev–Trinajstić information content (AvgIpc) is 1.97. The fourth-order valence-electron chi connectivity index (χ4n) is 0.846. The van der Waals surface area contributed by atoms with Crippen LogP contribution >= 0.6 is 0 Å². The molecule has 0 aromatic carbocycles. The van der Waals surface area contributed by atoms with Gasteiger partial charge in [-0.15, -0.1) is 5.73 Å². The van der Waals surface area contributed by atoms with Crippen LogP contribution in [0.3, 0.4) is 0 Å². The molecule has 0 fully saturated rings. The van der Waals surface area contributed by atoms with Gasteiger partial charge in [-0.2, -0.15) is 0 Å². The number of hydrogen-bond donors (Lipinski definition) is 1. The summed E-state index contributed by atoms with van der Waals surface area (Å²) in [5, 5.41) is 0. The van der Waals surface area contributed by atoms with Gasteiger partial charge in [-0.3, -0.25) is 0 Å². The van der Waals surface area contributed by atoms with Gasteiger partial charge in [0.1, 0.15) is 0 Å². The molecule has 2 N–H and O–H groups in total. The molecule has 1 heteroatoms. The quantitative estimate of drug-likeness (QED) is 0.443. The van der Waals surface area contributed by atoms with Gasteiger partial charge in [0, 0.05) is 0 Å². The molecule has 0 atom stereocenters. The lowest BCUT2D eigenvalue weighted by Gasteiger charge is -1.94. The largest absolute Gasteiger partial charge is 0.330 e. The summed E-state index contributed by atoms with van der Waals surface area (Å²) in [6.45, 7) is 4.32. The Balaban J connectivity index is 2.83. The maximum atomic E-state index is 5.34. The molecule has 0 saturated heterocycles. The zero-order valence-electron chi connectivity index (χ0n) is 6.60. The van der Waals surface area contributed by atoms with E-state index < -0.39 is 0 Å². The maximum absolute atomic E-state index is 5.34. The number of rotatable bonds is 6. The van der Waals surface area contributed by atoms with Gasteiger partial charge in [0.15, 0.2) is 0 Å². The SMILES string of the molecule is C=C=CCCCCCCN. The lowest BCUT2D eigenvalue weighted by atomic mass is 10.1. The van der Waals surface area contributed by atoms with Gasteiger partial charge in [0.05, 0.1) is 0 Å². The molecule has 0 rings (SSSR count). The second kappa shape index (κ2) is 8.48. The van der Waals surface area contributed by atoms with Crippen LogP contribution in [0.4, 0.5) is 0 Å². The van der Waals surface area contributed by atoms with Crippen LogP contribution in [-0.4, -0.2) is 6.54 Å². The molecule has 0 bridgehead atoms. The van der Waals surface area contributed by atoms with Gasteiger partial charge in [-0.05, 0) is 31.9 Å². The predicted octanol–water partition coefficient (Wildman–Crippen LogP) is 2.24. The summed E-state index contributed by atoms with van der Waals surface area (Å²) in [4.78, 5) is 0. The van der Waals surface area contributed by atoms with Crippen molar-refractivity contribution in [3.63, 3.8) is 0 Å². The molecule has 0 aromatic rings. The van der Waals surface area contributed by atoms with Crippen LogP contribution in [0.25, 0.3) is 0 Å². The van der Waals surface area contributed by atoms with E-state index in [2.05, 4.69) is 12.3 Å². The third-order valence-corrected chi connectivity index (χ3v) is 1.45. The van der Waals surface area contributed by atoms with Crippen LogP contribution in [0, 0.1) is 0 Å². The van der Waals surface area contributed by atoms with Crippen LogP contribution in [0.5, 0.6) is 0 Å². The first-order chi connectivity index (χ1) is 4.91. The lowest BCUT2D eigenvalue weighted by Crippen LogP contribution is -1.97. The standard InChI is InChI=1S/C9H17N/c1-2-3-4-5-6-7-8-9-10/h3H,1,4-10H2. The van der Waals surface area contributed by atoms with Crippen LogP contribution in [0.2, 0.25) is 0 Å². The summed E-state index contributed by atoms with van der Waals surface area (Å²) >= 11 is 0. The van der Waals surface area contributed by atoms with E-state index >= 15 is 0 Å². The van der Waals surface area contributed by atoms with E-state index in [0.717, 1.165) is 19.4 Å². The van der Waals surface area contributed by atoms with Crippen molar-refractivity contribution in [3.8, 4) is 0 Å². The van der Waals surface area contributed by atoms with Crippen molar-refractivity contribution < 1.29 is 0 Å². The highest BCUT2D eigenvalue weighted by Crippen LogP contribution is 2.01. The van der Waals surface area contributed by atoms with E-state index in [1.165, 1.54) is 19.3 Å².